The Kier molecular flexibility index (Phi) is 4.15. The number of ether oxygens (including phenoxy) is 1. The summed E-state index contributed by atoms with van der Waals surface area (Å²) in [6.45, 7) is 3.47. The molecule has 120 valence electrons. The van der Waals surface area contributed by atoms with Crippen LogP contribution in [0.4, 0.5) is 0 Å². The summed E-state index contributed by atoms with van der Waals surface area (Å²) < 4.78 is 5.93. The van der Waals surface area contributed by atoms with E-state index < -0.39 is 0 Å². The molecule has 3 atom stereocenters. The molecule has 5 nitrogen and oxygen atoms in total. The molecule has 1 saturated heterocycles. The highest BCUT2D eigenvalue weighted by Gasteiger charge is 2.43. The normalized spacial score (nSPS) is 31.9. The molecule has 0 aromatic carbocycles. The van der Waals surface area contributed by atoms with Gasteiger partial charge in [0.1, 0.15) is 5.01 Å². The zero-order valence-corrected chi connectivity index (χ0v) is 13.6. The van der Waals surface area contributed by atoms with E-state index in [2.05, 4.69) is 15.2 Å². The van der Waals surface area contributed by atoms with Crippen LogP contribution in [-0.2, 0) is 16.1 Å². The third kappa shape index (κ3) is 3.19. The van der Waals surface area contributed by atoms with E-state index in [9.17, 15) is 4.79 Å². The lowest BCUT2D eigenvalue weighted by atomic mass is 10.1. The fraction of sp³-hybridized carbons (Fsp3) is 0.750. The SMILES string of the molecule is O=C(NCC1CC1)[C@H]1C[C@@H]2[C@@H](C1)OCCN2Cc1nccs1. The number of rotatable bonds is 5. The van der Waals surface area contributed by atoms with E-state index in [0.29, 0.717) is 6.04 Å². The van der Waals surface area contributed by atoms with E-state index in [4.69, 9.17) is 4.74 Å². The third-order valence-corrected chi connectivity index (χ3v) is 5.87. The first-order valence-corrected chi connectivity index (χ1v) is 9.19. The van der Waals surface area contributed by atoms with Crippen molar-refractivity contribution in [1.29, 1.82) is 0 Å². The van der Waals surface area contributed by atoms with Gasteiger partial charge in [-0.15, -0.1) is 11.3 Å². The van der Waals surface area contributed by atoms with E-state index >= 15 is 0 Å². The van der Waals surface area contributed by atoms with E-state index in [1.165, 1.54) is 12.8 Å². The quantitative estimate of drug-likeness (QED) is 0.896. The van der Waals surface area contributed by atoms with Gasteiger partial charge in [-0.3, -0.25) is 9.69 Å². The maximum Gasteiger partial charge on any atom is 0.223 e. The molecule has 0 bridgehead atoms. The van der Waals surface area contributed by atoms with Crippen molar-refractivity contribution >= 4 is 17.2 Å². The molecule has 1 aliphatic heterocycles. The van der Waals surface area contributed by atoms with Crippen molar-refractivity contribution in [1.82, 2.24) is 15.2 Å². The number of carbonyl (C=O) groups excluding carboxylic acids is 1. The molecule has 0 radical (unpaired) electrons. The second-order valence-electron chi connectivity index (χ2n) is 6.73. The maximum atomic E-state index is 12.3. The van der Waals surface area contributed by atoms with Gasteiger partial charge in [-0.2, -0.15) is 0 Å². The average molecular weight is 321 g/mol. The standard InChI is InChI=1S/C16H23N3O2S/c20-16(18-9-11-1-2-11)12-7-13-14(8-12)21-5-4-19(13)10-15-17-3-6-22-15/h3,6,11-14H,1-2,4-5,7-10H2,(H,18,20)/t12-,13+,14+/m0/s1. The Morgan fingerprint density at radius 1 is 1.45 bits per heavy atom. The van der Waals surface area contributed by atoms with E-state index in [-0.39, 0.29) is 17.9 Å². The van der Waals surface area contributed by atoms with Crippen LogP contribution in [0, 0.1) is 11.8 Å². The van der Waals surface area contributed by atoms with Crippen molar-refractivity contribution < 1.29 is 9.53 Å². The summed E-state index contributed by atoms with van der Waals surface area (Å²) in [5, 5.41) is 6.31. The number of nitrogens with zero attached hydrogens (tertiary/aromatic N) is 2. The predicted octanol–water partition coefficient (Wildman–Crippen LogP) is 1.65. The molecule has 1 N–H and O–H groups in total. The van der Waals surface area contributed by atoms with Crippen molar-refractivity contribution in [3.8, 4) is 0 Å². The molecule has 22 heavy (non-hydrogen) atoms. The molecule has 4 rings (SSSR count). The minimum Gasteiger partial charge on any atom is -0.375 e. The van der Waals surface area contributed by atoms with Crippen molar-refractivity contribution in [2.24, 2.45) is 11.8 Å². The number of amides is 1. The van der Waals surface area contributed by atoms with Gasteiger partial charge in [-0.25, -0.2) is 4.98 Å². The Hall–Kier alpha value is -0.980. The third-order valence-electron chi connectivity index (χ3n) is 5.11. The largest absolute Gasteiger partial charge is 0.375 e. The zero-order valence-electron chi connectivity index (χ0n) is 12.7. The first-order chi connectivity index (χ1) is 10.8. The first-order valence-electron chi connectivity index (χ1n) is 8.31. The molecule has 2 saturated carbocycles. The summed E-state index contributed by atoms with van der Waals surface area (Å²) >= 11 is 1.70. The summed E-state index contributed by atoms with van der Waals surface area (Å²) in [6, 6.07) is 0.370. The van der Waals surface area contributed by atoms with E-state index in [0.717, 1.165) is 50.0 Å². The summed E-state index contributed by atoms with van der Waals surface area (Å²) in [5.41, 5.74) is 0. The molecule has 0 unspecified atom stereocenters. The smallest absolute Gasteiger partial charge is 0.223 e. The van der Waals surface area contributed by atoms with Gasteiger partial charge in [0.05, 0.1) is 19.3 Å². The van der Waals surface area contributed by atoms with Crippen LogP contribution in [0.15, 0.2) is 11.6 Å². The van der Waals surface area contributed by atoms with Crippen LogP contribution in [0.1, 0.15) is 30.7 Å². The first kappa shape index (κ1) is 14.6. The molecule has 3 aliphatic rings. The average Bonchev–Trinajstić information content (AvgIpc) is 3.02. The summed E-state index contributed by atoms with van der Waals surface area (Å²) in [4.78, 5) is 19.2. The molecule has 2 aliphatic carbocycles. The molecule has 3 fully saturated rings. The van der Waals surface area contributed by atoms with Crippen LogP contribution in [0.25, 0.3) is 0 Å². The molecule has 1 aromatic rings. The van der Waals surface area contributed by atoms with Crippen molar-refractivity contribution in [2.75, 3.05) is 19.7 Å². The molecule has 6 heteroatoms. The molecular formula is C16H23N3O2S. The predicted molar refractivity (Wildman–Crippen MR) is 84.5 cm³/mol. The lowest BCUT2D eigenvalue weighted by Crippen LogP contribution is -2.47. The van der Waals surface area contributed by atoms with Crippen LogP contribution >= 0.6 is 11.3 Å². The van der Waals surface area contributed by atoms with Crippen LogP contribution in [0.2, 0.25) is 0 Å². The van der Waals surface area contributed by atoms with Gasteiger partial charge >= 0.3 is 0 Å². The Morgan fingerprint density at radius 2 is 2.36 bits per heavy atom. The van der Waals surface area contributed by atoms with Crippen molar-refractivity contribution in [2.45, 2.75) is 44.4 Å². The van der Waals surface area contributed by atoms with Crippen molar-refractivity contribution in [3.63, 3.8) is 0 Å². The fourth-order valence-electron chi connectivity index (χ4n) is 3.65. The monoisotopic (exact) mass is 321 g/mol. The van der Waals surface area contributed by atoms with Crippen LogP contribution in [-0.4, -0.2) is 47.6 Å². The van der Waals surface area contributed by atoms with Gasteiger partial charge < -0.3 is 10.1 Å². The van der Waals surface area contributed by atoms with Crippen molar-refractivity contribution in [3.05, 3.63) is 16.6 Å². The lowest BCUT2D eigenvalue weighted by molar-refractivity contribution is -0.125. The van der Waals surface area contributed by atoms with Gasteiger partial charge in [0.2, 0.25) is 5.91 Å². The number of hydrogen-bond donors (Lipinski definition) is 1. The van der Waals surface area contributed by atoms with E-state index in [1.807, 2.05) is 11.6 Å². The summed E-state index contributed by atoms with van der Waals surface area (Å²) in [7, 11) is 0. The fourth-order valence-corrected chi connectivity index (χ4v) is 4.29. The maximum absolute atomic E-state index is 12.3. The number of carbonyl (C=O) groups is 1. The number of nitrogens with one attached hydrogen (secondary N) is 1. The van der Waals surface area contributed by atoms with E-state index in [1.54, 1.807) is 11.3 Å². The molecule has 0 spiro atoms. The van der Waals surface area contributed by atoms with Crippen LogP contribution in [0.5, 0.6) is 0 Å². The van der Waals surface area contributed by atoms with Gasteiger partial charge in [0.25, 0.3) is 0 Å². The number of thiazole rings is 1. The molecule has 1 aromatic heterocycles. The number of hydrogen-bond acceptors (Lipinski definition) is 5. The van der Waals surface area contributed by atoms with Gasteiger partial charge in [0.15, 0.2) is 0 Å². The highest BCUT2D eigenvalue weighted by atomic mass is 32.1. The second kappa shape index (κ2) is 6.26. The van der Waals surface area contributed by atoms with Gasteiger partial charge in [-0.1, -0.05) is 0 Å². The number of morpholine rings is 1. The molecule has 2 heterocycles. The van der Waals surface area contributed by atoms with Crippen LogP contribution < -0.4 is 5.32 Å². The van der Waals surface area contributed by atoms with Gasteiger partial charge in [0, 0.05) is 36.6 Å². The zero-order chi connectivity index (χ0) is 14.9. The Bertz CT molecular complexity index is 517. The van der Waals surface area contributed by atoms with Gasteiger partial charge in [-0.05, 0) is 31.6 Å². The minimum absolute atomic E-state index is 0.116. The summed E-state index contributed by atoms with van der Waals surface area (Å²) in [6.07, 6.45) is 6.43. The number of aromatic nitrogens is 1. The lowest BCUT2D eigenvalue weighted by Gasteiger charge is -2.37. The number of fused-ring (bicyclic) bond motifs is 1. The second-order valence-corrected chi connectivity index (χ2v) is 7.71. The molecule has 1 amide bonds. The minimum atomic E-state index is 0.116. The highest BCUT2D eigenvalue weighted by molar-refractivity contribution is 7.09. The Balaban J connectivity index is 1.36. The highest BCUT2D eigenvalue weighted by Crippen LogP contribution is 2.35. The topological polar surface area (TPSA) is 54.5 Å². The molecular weight excluding hydrogens is 298 g/mol. The van der Waals surface area contributed by atoms with Crippen LogP contribution in [0.3, 0.4) is 0 Å². The Morgan fingerprint density at radius 3 is 3.14 bits per heavy atom. The Labute approximate surface area is 135 Å². The summed E-state index contributed by atoms with van der Waals surface area (Å²) in [5.74, 6) is 1.09.